The molecule has 1 aromatic carbocycles. The smallest absolute Gasteiger partial charge is 0.361 e. The summed E-state index contributed by atoms with van der Waals surface area (Å²) in [5.41, 5.74) is 0.960. The van der Waals surface area contributed by atoms with Gasteiger partial charge in [0.1, 0.15) is 5.76 Å². The summed E-state index contributed by atoms with van der Waals surface area (Å²) in [6.45, 7) is 3.33. The van der Waals surface area contributed by atoms with Crippen molar-refractivity contribution in [2.75, 3.05) is 0 Å². The van der Waals surface area contributed by atoms with Crippen molar-refractivity contribution < 1.29 is 17.7 Å². The van der Waals surface area contributed by atoms with Crippen molar-refractivity contribution in [1.82, 2.24) is 9.72 Å². The van der Waals surface area contributed by atoms with Crippen LogP contribution in [0, 0.1) is 13.8 Å². The zero-order valence-electron chi connectivity index (χ0n) is 13.6. The molecule has 7 heteroatoms. The third kappa shape index (κ3) is 3.35. The van der Waals surface area contributed by atoms with E-state index in [1.54, 1.807) is 19.9 Å². The van der Waals surface area contributed by atoms with Crippen LogP contribution in [-0.2, 0) is 12.7 Å². The van der Waals surface area contributed by atoms with E-state index in [4.69, 9.17) is 4.52 Å². The van der Waals surface area contributed by atoms with Gasteiger partial charge in [-0.2, -0.15) is 13.2 Å². The van der Waals surface area contributed by atoms with Crippen LogP contribution in [0.25, 0.3) is 11.1 Å². The number of rotatable bonds is 3. The van der Waals surface area contributed by atoms with Crippen LogP contribution in [0.15, 0.2) is 51.9 Å². The van der Waals surface area contributed by atoms with Gasteiger partial charge in [-0.3, -0.25) is 4.79 Å². The molecule has 3 rings (SSSR count). The minimum atomic E-state index is -4.47. The first kappa shape index (κ1) is 17.0. The van der Waals surface area contributed by atoms with Crippen molar-refractivity contribution in [1.29, 1.82) is 0 Å². The first-order valence-corrected chi connectivity index (χ1v) is 7.56. The topological polar surface area (TPSA) is 48.0 Å². The molecule has 0 aliphatic rings. The summed E-state index contributed by atoms with van der Waals surface area (Å²) in [7, 11) is 0. The maximum absolute atomic E-state index is 13.2. The molecular formula is C18H15F3N2O2. The van der Waals surface area contributed by atoms with Gasteiger partial charge in [-0.15, -0.1) is 0 Å². The predicted molar refractivity (Wildman–Crippen MR) is 86.2 cm³/mol. The molecule has 0 aliphatic carbocycles. The van der Waals surface area contributed by atoms with E-state index < -0.39 is 11.7 Å². The van der Waals surface area contributed by atoms with Gasteiger partial charge in [0.15, 0.2) is 0 Å². The molecule has 0 spiro atoms. The number of benzene rings is 1. The van der Waals surface area contributed by atoms with E-state index in [0.717, 1.165) is 11.6 Å². The number of alkyl halides is 3. The molecular weight excluding hydrogens is 333 g/mol. The fraction of sp³-hybridized carbons (Fsp3) is 0.222. The molecule has 0 fully saturated rings. The Morgan fingerprint density at radius 1 is 1.12 bits per heavy atom. The van der Waals surface area contributed by atoms with Gasteiger partial charge in [0.25, 0.3) is 5.56 Å². The standard InChI is InChI=1S/C18H15F3N2O2/c1-11-17(12(2)25-22-11)14-7-8-16(24)23(10-14)9-13-5-3-4-6-15(13)18(19,20)21/h3-8,10H,9H2,1-2H3. The predicted octanol–water partition coefficient (Wildman–Crippen LogP) is 4.19. The Morgan fingerprint density at radius 3 is 2.48 bits per heavy atom. The quantitative estimate of drug-likeness (QED) is 0.713. The molecule has 25 heavy (non-hydrogen) atoms. The Kier molecular flexibility index (Phi) is 4.24. The third-order valence-electron chi connectivity index (χ3n) is 3.97. The zero-order valence-corrected chi connectivity index (χ0v) is 13.6. The molecule has 3 aromatic rings. The number of halogens is 3. The Hall–Kier alpha value is -2.83. The SMILES string of the molecule is Cc1noc(C)c1-c1ccc(=O)n(Cc2ccccc2C(F)(F)F)c1. The summed E-state index contributed by atoms with van der Waals surface area (Å²) >= 11 is 0. The van der Waals surface area contributed by atoms with Gasteiger partial charge >= 0.3 is 6.18 Å². The Labute approximate surface area is 141 Å². The molecule has 4 nitrogen and oxygen atoms in total. The van der Waals surface area contributed by atoms with E-state index in [2.05, 4.69) is 5.16 Å². The first-order valence-electron chi connectivity index (χ1n) is 7.56. The lowest BCUT2D eigenvalue weighted by atomic mass is 10.1. The maximum Gasteiger partial charge on any atom is 0.416 e. The third-order valence-corrected chi connectivity index (χ3v) is 3.97. The van der Waals surface area contributed by atoms with Gasteiger partial charge in [0.05, 0.1) is 17.8 Å². The number of hydrogen-bond acceptors (Lipinski definition) is 3. The van der Waals surface area contributed by atoms with Crippen LogP contribution >= 0.6 is 0 Å². The Bertz CT molecular complexity index is 951. The zero-order chi connectivity index (χ0) is 18.2. The summed E-state index contributed by atoms with van der Waals surface area (Å²) < 4.78 is 45.8. The molecule has 2 heterocycles. The summed E-state index contributed by atoms with van der Waals surface area (Å²) in [4.78, 5) is 12.1. The molecule has 130 valence electrons. The minimum Gasteiger partial charge on any atom is -0.361 e. The lowest BCUT2D eigenvalue weighted by molar-refractivity contribution is -0.138. The number of aromatic nitrogens is 2. The van der Waals surface area contributed by atoms with Crippen molar-refractivity contribution in [2.45, 2.75) is 26.6 Å². The summed E-state index contributed by atoms with van der Waals surface area (Å²) in [5, 5.41) is 3.86. The van der Waals surface area contributed by atoms with Crippen LogP contribution in [0.5, 0.6) is 0 Å². The molecule has 0 aliphatic heterocycles. The molecule has 0 radical (unpaired) electrons. The highest BCUT2D eigenvalue weighted by atomic mass is 19.4. The van der Waals surface area contributed by atoms with Crippen LogP contribution in [0.3, 0.4) is 0 Å². The fourth-order valence-corrected chi connectivity index (χ4v) is 2.82. The van der Waals surface area contributed by atoms with Gasteiger partial charge in [-0.25, -0.2) is 0 Å². The van der Waals surface area contributed by atoms with E-state index in [-0.39, 0.29) is 17.7 Å². The van der Waals surface area contributed by atoms with Gasteiger partial charge in [0, 0.05) is 23.4 Å². The van der Waals surface area contributed by atoms with Gasteiger partial charge in [0.2, 0.25) is 0 Å². The molecule has 0 atom stereocenters. The van der Waals surface area contributed by atoms with Crippen molar-refractivity contribution in [3.8, 4) is 11.1 Å². The van der Waals surface area contributed by atoms with Gasteiger partial charge in [-0.1, -0.05) is 23.4 Å². The molecule has 0 bridgehead atoms. The minimum absolute atomic E-state index is 0.0352. The first-order chi connectivity index (χ1) is 11.8. The number of nitrogens with zero attached hydrogens (tertiary/aromatic N) is 2. The average molecular weight is 348 g/mol. The molecule has 0 amide bonds. The lowest BCUT2D eigenvalue weighted by Gasteiger charge is -2.14. The Balaban J connectivity index is 2.06. The maximum atomic E-state index is 13.2. The lowest BCUT2D eigenvalue weighted by Crippen LogP contribution is -2.21. The van der Waals surface area contributed by atoms with Gasteiger partial charge < -0.3 is 9.09 Å². The summed E-state index contributed by atoms with van der Waals surface area (Å²) in [5.74, 6) is 0.582. The largest absolute Gasteiger partial charge is 0.416 e. The molecule has 0 saturated heterocycles. The van der Waals surface area contributed by atoms with Crippen molar-refractivity contribution in [3.05, 3.63) is 75.5 Å². The normalized spacial score (nSPS) is 11.7. The summed E-state index contributed by atoms with van der Waals surface area (Å²) in [6, 6.07) is 8.18. The van der Waals surface area contributed by atoms with E-state index in [1.165, 1.54) is 35.0 Å². The second-order valence-corrected chi connectivity index (χ2v) is 5.74. The highest BCUT2D eigenvalue weighted by molar-refractivity contribution is 5.66. The van der Waals surface area contributed by atoms with Crippen LogP contribution in [0.1, 0.15) is 22.6 Å². The fourth-order valence-electron chi connectivity index (χ4n) is 2.82. The molecule has 0 N–H and O–H groups in total. The van der Waals surface area contributed by atoms with Crippen LogP contribution in [-0.4, -0.2) is 9.72 Å². The number of hydrogen-bond donors (Lipinski definition) is 0. The van der Waals surface area contributed by atoms with Crippen molar-refractivity contribution in [3.63, 3.8) is 0 Å². The van der Waals surface area contributed by atoms with Crippen molar-refractivity contribution >= 4 is 0 Å². The van der Waals surface area contributed by atoms with E-state index >= 15 is 0 Å². The van der Waals surface area contributed by atoms with Gasteiger partial charge in [-0.05, 0) is 31.5 Å². The van der Waals surface area contributed by atoms with E-state index in [1.807, 2.05) is 0 Å². The molecule has 2 aromatic heterocycles. The van der Waals surface area contributed by atoms with E-state index in [9.17, 15) is 18.0 Å². The number of aryl methyl sites for hydroxylation is 2. The summed E-state index contributed by atoms with van der Waals surface area (Å²) in [6.07, 6.45) is -2.94. The van der Waals surface area contributed by atoms with Crippen molar-refractivity contribution in [2.24, 2.45) is 0 Å². The van der Waals surface area contributed by atoms with Crippen LogP contribution in [0.2, 0.25) is 0 Å². The second kappa shape index (κ2) is 6.23. The average Bonchev–Trinajstić information content (AvgIpc) is 2.88. The molecule has 0 saturated carbocycles. The van der Waals surface area contributed by atoms with Crippen LogP contribution < -0.4 is 5.56 Å². The monoisotopic (exact) mass is 348 g/mol. The van der Waals surface area contributed by atoms with Crippen LogP contribution in [0.4, 0.5) is 13.2 Å². The molecule has 0 unspecified atom stereocenters. The highest BCUT2D eigenvalue weighted by Gasteiger charge is 2.32. The highest BCUT2D eigenvalue weighted by Crippen LogP contribution is 2.32. The Morgan fingerprint density at radius 2 is 1.84 bits per heavy atom. The number of pyridine rings is 1. The second-order valence-electron chi connectivity index (χ2n) is 5.74. The van der Waals surface area contributed by atoms with E-state index in [0.29, 0.717) is 17.0 Å².